The third kappa shape index (κ3) is 4.17. The minimum atomic E-state index is 0.0678. The van der Waals surface area contributed by atoms with Crippen LogP contribution in [-0.4, -0.2) is 42.9 Å². The first-order chi connectivity index (χ1) is 15.7. The molecule has 1 amide bonds. The molecule has 1 aliphatic heterocycles. The molecule has 2 aromatic heterocycles. The molecule has 164 valence electrons. The second-order valence-corrected chi connectivity index (χ2v) is 9.83. The third-order valence-corrected chi connectivity index (χ3v) is 7.90. The van der Waals surface area contributed by atoms with Crippen molar-refractivity contribution in [2.24, 2.45) is 0 Å². The van der Waals surface area contributed by atoms with Crippen LogP contribution in [0.3, 0.4) is 0 Å². The maximum absolute atomic E-state index is 13.3. The van der Waals surface area contributed by atoms with Crippen molar-refractivity contribution in [3.8, 4) is 11.4 Å². The average Bonchev–Trinajstić information content (AvgIpc) is 3.47. The first-order valence-electron chi connectivity index (χ1n) is 11.0. The fraction of sp³-hybridized carbons (Fsp3) is 0.333. The molecular weight excluding hydrogens is 438 g/mol. The van der Waals surface area contributed by atoms with Crippen molar-refractivity contribution in [3.05, 3.63) is 59.6 Å². The molecule has 32 heavy (non-hydrogen) atoms. The highest BCUT2D eigenvalue weighted by Gasteiger charge is 2.30. The van der Waals surface area contributed by atoms with Crippen molar-refractivity contribution >= 4 is 39.2 Å². The maximum Gasteiger partial charge on any atom is 0.233 e. The molecule has 0 bridgehead atoms. The normalized spacial score (nSPS) is 16.5. The van der Waals surface area contributed by atoms with Gasteiger partial charge in [-0.05, 0) is 38.3 Å². The molecule has 6 nitrogen and oxygen atoms in total. The van der Waals surface area contributed by atoms with Gasteiger partial charge in [-0.15, -0.1) is 21.5 Å². The number of carbonyl (C=O) groups is 1. The number of fused-ring (bicyclic) bond motifs is 1. The summed E-state index contributed by atoms with van der Waals surface area (Å²) in [5, 5.41) is 10.6. The van der Waals surface area contributed by atoms with Gasteiger partial charge in [-0.3, -0.25) is 4.79 Å². The molecular formula is C24H25N5OS2. The van der Waals surface area contributed by atoms with Crippen molar-refractivity contribution in [1.82, 2.24) is 24.6 Å². The minimum absolute atomic E-state index is 0.0678. The molecule has 1 fully saturated rings. The fourth-order valence-electron chi connectivity index (χ4n) is 4.21. The van der Waals surface area contributed by atoms with E-state index in [-0.39, 0.29) is 11.9 Å². The van der Waals surface area contributed by atoms with Crippen LogP contribution in [0.5, 0.6) is 0 Å². The van der Waals surface area contributed by atoms with Gasteiger partial charge in [0.25, 0.3) is 0 Å². The summed E-state index contributed by atoms with van der Waals surface area (Å²) in [5.41, 5.74) is 2.05. The molecule has 0 unspecified atom stereocenters. The number of thioether (sulfide) groups is 1. The number of piperidine rings is 1. The number of para-hydroxylation sites is 1. The van der Waals surface area contributed by atoms with Gasteiger partial charge in [-0.1, -0.05) is 54.2 Å². The van der Waals surface area contributed by atoms with E-state index in [1.165, 1.54) is 16.5 Å². The molecule has 5 rings (SSSR count). The van der Waals surface area contributed by atoms with E-state index in [0.717, 1.165) is 59.4 Å². The van der Waals surface area contributed by atoms with E-state index in [1.54, 1.807) is 11.3 Å². The Bertz CT molecular complexity index is 1190. The summed E-state index contributed by atoms with van der Waals surface area (Å²) in [6.07, 6.45) is 3.14. The van der Waals surface area contributed by atoms with Crippen LogP contribution in [0.25, 0.3) is 21.6 Å². The monoisotopic (exact) mass is 463 g/mol. The van der Waals surface area contributed by atoms with Crippen LogP contribution in [0.1, 0.15) is 37.2 Å². The van der Waals surface area contributed by atoms with Crippen LogP contribution >= 0.6 is 23.1 Å². The summed E-state index contributed by atoms with van der Waals surface area (Å²) >= 11 is 3.18. The van der Waals surface area contributed by atoms with Crippen molar-refractivity contribution in [2.45, 2.75) is 43.9 Å². The minimum Gasteiger partial charge on any atom is -0.332 e. The number of aromatic nitrogens is 4. The molecule has 1 aliphatic rings. The summed E-state index contributed by atoms with van der Waals surface area (Å²) in [6.45, 7) is 3.62. The predicted molar refractivity (Wildman–Crippen MR) is 130 cm³/mol. The average molecular weight is 464 g/mol. The number of nitrogens with zero attached hydrogens (tertiary/aromatic N) is 5. The number of hydrogen-bond acceptors (Lipinski definition) is 6. The fourth-order valence-corrected chi connectivity index (χ4v) is 6.21. The highest BCUT2D eigenvalue weighted by Crippen LogP contribution is 2.36. The topological polar surface area (TPSA) is 63.9 Å². The Morgan fingerprint density at radius 2 is 1.91 bits per heavy atom. The highest BCUT2D eigenvalue weighted by atomic mass is 32.2. The van der Waals surface area contributed by atoms with E-state index in [1.807, 2.05) is 53.4 Å². The Kier molecular flexibility index (Phi) is 6.23. The molecule has 0 N–H and O–H groups in total. The Labute approximate surface area is 195 Å². The highest BCUT2D eigenvalue weighted by molar-refractivity contribution is 7.99. The summed E-state index contributed by atoms with van der Waals surface area (Å²) in [7, 11) is 0. The Morgan fingerprint density at radius 3 is 2.72 bits per heavy atom. The van der Waals surface area contributed by atoms with E-state index in [4.69, 9.17) is 4.98 Å². The van der Waals surface area contributed by atoms with E-state index >= 15 is 0 Å². The van der Waals surface area contributed by atoms with E-state index < -0.39 is 0 Å². The quantitative estimate of drug-likeness (QED) is 0.357. The van der Waals surface area contributed by atoms with E-state index in [0.29, 0.717) is 5.75 Å². The number of thiazole rings is 1. The number of likely N-dealkylation sites (tertiary alicyclic amines) is 1. The largest absolute Gasteiger partial charge is 0.332 e. The molecule has 4 aromatic rings. The van der Waals surface area contributed by atoms with E-state index in [2.05, 4.69) is 27.8 Å². The lowest BCUT2D eigenvalue weighted by atomic mass is 10.0. The van der Waals surface area contributed by atoms with Crippen LogP contribution < -0.4 is 0 Å². The second kappa shape index (κ2) is 9.42. The van der Waals surface area contributed by atoms with Crippen molar-refractivity contribution in [3.63, 3.8) is 0 Å². The van der Waals surface area contributed by atoms with Crippen molar-refractivity contribution in [2.75, 3.05) is 12.3 Å². The predicted octanol–water partition coefficient (Wildman–Crippen LogP) is 5.42. The summed E-state index contributed by atoms with van der Waals surface area (Å²) in [6, 6.07) is 18.3. The molecule has 3 heterocycles. The number of carbonyl (C=O) groups excluding carboxylic acids is 1. The molecule has 0 aliphatic carbocycles. The van der Waals surface area contributed by atoms with Gasteiger partial charge in [-0.25, -0.2) is 4.98 Å². The lowest BCUT2D eigenvalue weighted by Gasteiger charge is -2.34. The van der Waals surface area contributed by atoms with Crippen LogP contribution in [0.2, 0.25) is 0 Å². The van der Waals surface area contributed by atoms with Gasteiger partial charge in [0.15, 0.2) is 11.0 Å². The number of rotatable bonds is 6. The SMILES string of the molecule is CCn1c(SCC(=O)N2CCCC[C@@H]2c2nc3ccccc3s2)nnc1-c1ccccc1. The molecule has 8 heteroatoms. The summed E-state index contributed by atoms with van der Waals surface area (Å²) in [4.78, 5) is 20.1. The smallest absolute Gasteiger partial charge is 0.233 e. The Hall–Kier alpha value is -2.71. The number of amides is 1. The molecule has 0 saturated carbocycles. The standard InChI is InChI=1S/C24H25N5OS2/c1-2-28-22(17-10-4-3-5-11-17)26-27-24(28)31-16-21(30)29-15-9-8-13-19(29)23-25-18-12-6-7-14-20(18)32-23/h3-7,10-12,14,19H,2,8-9,13,15-16H2,1H3/t19-/m1/s1. The third-order valence-electron chi connectivity index (χ3n) is 5.81. The van der Waals surface area contributed by atoms with Crippen molar-refractivity contribution in [1.29, 1.82) is 0 Å². The molecule has 2 aromatic carbocycles. The van der Waals surface area contributed by atoms with Crippen LogP contribution in [0, 0.1) is 0 Å². The summed E-state index contributed by atoms with van der Waals surface area (Å²) in [5.74, 6) is 1.34. The van der Waals surface area contributed by atoms with Gasteiger partial charge in [0.2, 0.25) is 5.91 Å². The lowest BCUT2D eigenvalue weighted by Crippen LogP contribution is -2.39. The first-order valence-corrected chi connectivity index (χ1v) is 12.8. The van der Waals surface area contributed by atoms with E-state index in [9.17, 15) is 4.79 Å². The number of hydrogen-bond donors (Lipinski definition) is 0. The van der Waals surface area contributed by atoms with Gasteiger partial charge in [0.05, 0.1) is 22.0 Å². The van der Waals surface area contributed by atoms with Crippen LogP contribution in [-0.2, 0) is 11.3 Å². The second-order valence-electron chi connectivity index (χ2n) is 7.82. The van der Waals surface area contributed by atoms with Gasteiger partial charge >= 0.3 is 0 Å². The molecule has 0 spiro atoms. The molecule has 0 radical (unpaired) electrons. The number of benzene rings is 2. The van der Waals surface area contributed by atoms with Crippen molar-refractivity contribution < 1.29 is 4.79 Å². The van der Waals surface area contributed by atoms with Crippen LogP contribution in [0.15, 0.2) is 59.8 Å². The zero-order valence-corrected chi connectivity index (χ0v) is 19.6. The van der Waals surface area contributed by atoms with Gasteiger partial charge in [0.1, 0.15) is 5.01 Å². The Balaban J connectivity index is 1.32. The van der Waals surface area contributed by atoms with Gasteiger partial charge in [-0.2, -0.15) is 0 Å². The van der Waals surface area contributed by atoms with Gasteiger partial charge < -0.3 is 9.47 Å². The summed E-state index contributed by atoms with van der Waals surface area (Å²) < 4.78 is 3.26. The maximum atomic E-state index is 13.3. The zero-order valence-electron chi connectivity index (χ0n) is 18.0. The first kappa shape index (κ1) is 21.2. The molecule has 1 saturated heterocycles. The lowest BCUT2D eigenvalue weighted by molar-refractivity contribution is -0.132. The Morgan fingerprint density at radius 1 is 1.09 bits per heavy atom. The zero-order chi connectivity index (χ0) is 21.9. The van der Waals surface area contributed by atoms with Gasteiger partial charge in [0, 0.05) is 18.7 Å². The van der Waals surface area contributed by atoms with Crippen LogP contribution in [0.4, 0.5) is 0 Å². The molecule has 1 atom stereocenters.